The van der Waals surface area contributed by atoms with Gasteiger partial charge in [-0.05, 0) is 24.6 Å². The Morgan fingerprint density at radius 1 is 1.43 bits per heavy atom. The maximum atomic E-state index is 12.2. The molecule has 108 valence electrons. The van der Waals surface area contributed by atoms with E-state index in [0.29, 0.717) is 21.9 Å². The molecular formula is C16H15NO3S. The standard InChI is InChI=1S/C16H15NO3S/c1-11-5-6-12(4-3-7-18)14(8-11)17-16(19)15-9-13(20-2)10-21-15/h5-6,8-10,18H,7H2,1-2H3,(H,17,19). The average Bonchev–Trinajstić information content (AvgIpc) is 2.95. The molecule has 0 radical (unpaired) electrons. The van der Waals surface area contributed by atoms with E-state index in [1.165, 1.54) is 11.3 Å². The second-order valence-corrected chi connectivity index (χ2v) is 5.23. The van der Waals surface area contributed by atoms with Gasteiger partial charge < -0.3 is 15.2 Å². The summed E-state index contributed by atoms with van der Waals surface area (Å²) in [6.07, 6.45) is 0. The van der Waals surface area contributed by atoms with Crippen LogP contribution in [0.1, 0.15) is 20.8 Å². The molecule has 2 aromatic rings. The summed E-state index contributed by atoms with van der Waals surface area (Å²) < 4.78 is 5.07. The van der Waals surface area contributed by atoms with E-state index < -0.39 is 0 Å². The van der Waals surface area contributed by atoms with Gasteiger partial charge in [-0.1, -0.05) is 17.9 Å². The molecule has 0 aliphatic carbocycles. The van der Waals surface area contributed by atoms with Crippen LogP contribution >= 0.6 is 11.3 Å². The van der Waals surface area contributed by atoms with E-state index in [-0.39, 0.29) is 12.5 Å². The Kier molecular flexibility index (Phi) is 4.99. The van der Waals surface area contributed by atoms with Crippen LogP contribution in [0.2, 0.25) is 0 Å². The SMILES string of the molecule is COc1csc(C(=O)Nc2cc(C)ccc2C#CCO)c1. The lowest BCUT2D eigenvalue weighted by Gasteiger charge is -2.07. The lowest BCUT2D eigenvalue weighted by Crippen LogP contribution is -2.11. The number of ether oxygens (including phenoxy) is 1. The molecule has 4 nitrogen and oxygen atoms in total. The van der Waals surface area contributed by atoms with Crippen LogP contribution < -0.4 is 10.1 Å². The van der Waals surface area contributed by atoms with Crippen molar-refractivity contribution in [3.05, 3.63) is 45.6 Å². The number of methoxy groups -OCH3 is 1. The first-order valence-electron chi connectivity index (χ1n) is 6.28. The highest BCUT2D eigenvalue weighted by Crippen LogP contribution is 2.23. The molecule has 2 rings (SSSR count). The van der Waals surface area contributed by atoms with Crippen molar-refractivity contribution >= 4 is 22.9 Å². The number of aliphatic hydroxyl groups is 1. The van der Waals surface area contributed by atoms with Crippen LogP contribution in [-0.2, 0) is 0 Å². The summed E-state index contributed by atoms with van der Waals surface area (Å²) >= 11 is 1.32. The number of hydrogen-bond acceptors (Lipinski definition) is 4. The molecule has 0 fully saturated rings. The van der Waals surface area contributed by atoms with Crippen molar-refractivity contribution in [2.24, 2.45) is 0 Å². The predicted molar refractivity (Wildman–Crippen MR) is 84.0 cm³/mol. The number of hydrogen-bond donors (Lipinski definition) is 2. The summed E-state index contributed by atoms with van der Waals surface area (Å²) in [6, 6.07) is 7.27. The van der Waals surface area contributed by atoms with Gasteiger partial charge >= 0.3 is 0 Å². The molecule has 5 heteroatoms. The monoisotopic (exact) mass is 301 g/mol. The Balaban J connectivity index is 2.25. The predicted octanol–water partition coefficient (Wildman–Crippen LogP) is 2.66. The average molecular weight is 301 g/mol. The fraction of sp³-hybridized carbons (Fsp3) is 0.188. The van der Waals surface area contributed by atoms with Crippen molar-refractivity contribution in [2.45, 2.75) is 6.92 Å². The Bertz CT molecular complexity index is 710. The number of anilines is 1. The minimum atomic E-state index is -0.219. The van der Waals surface area contributed by atoms with Crippen LogP contribution in [0.3, 0.4) is 0 Å². The molecule has 1 amide bonds. The number of nitrogens with one attached hydrogen (secondary N) is 1. The molecule has 0 bridgehead atoms. The quantitative estimate of drug-likeness (QED) is 0.857. The van der Waals surface area contributed by atoms with E-state index in [1.807, 2.05) is 25.1 Å². The van der Waals surface area contributed by atoms with E-state index in [9.17, 15) is 4.79 Å². The lowest BCUT2D eigenvalue weighted by atomic mass is 10.1. The number of benzene rings is 1. The molecule has 0 saturated carbocycles. The van der Waals surface area contributed by atoms with Gasteiger partial charge in [-0.15, -0.1) is 11.3 Å². The molecule has 0 aliphatic rings. The number of thiophene rings is 1. The van der Waals surface area contributed by atoms with Gasteiger partial charge in [0.15, 0.2) is 0 Å². The van der Waals surface area contributed by atoms with Crippen molar-refractivity contribution < 1.29 is 14.6 Å². The molecule has 1 aromatic heterocycles. The Hall–Kier alpha value is -2.29. The maximum absolute atomic E-state index is 12.2. The van der Waals surface area contributed by atoms with E-state index in [2.05, 4.69) is 17.2 Å². The Morgan fingerprint density at radius 3 is 2.90 bits per heavy atom. The minimum absolute atomic E-state index is 0.207. The number of amides is 1. The fourth-order valence-electron chi connectivity index (χ4n) is 1.73. The highest BCUT2D eigenvalue weighted by molar-refractivity contribution is 7.12. The van der Waals surface area contributed by atoms with Crippen LogP contribution in [0.15, 0.2) is 29.6 Å². The summed E-state index contributed by atoms with van der Waals surface area (Å²) in [7, 11) is 1.56. The number of aryl methyl sites for hydroxylation is 1. The topological polar surface area (TPSA) is 58.6 Å². The molecular weight excluding hydrogens is 286 g/mol. The summed E-state index contributed by atoms with van der Waals surface area (Å²) in [5.74, 6) is 5.87. The molecule has 0 spiro atoms. The number of aliphatic hydroxyl groups excluding tert-OH is 1. The van der Waals surface area contributed by atoms with Crippen molar-refractivity contribution in [1.29, 1.82) is 0 Å². The Labute approximate surface area is 127 Å². The fourth-order valence-corrected chi connectivity index (χ4v) is 2.48. The second-order valence-electron chi connectivity index (χ2n) is 4.31. The van der Waals surface area contributed by atoms with E-state index in [0.717, 1.165) is 5.56 Å². The second kappa shape index (κ2) is 6.93. The number of rotatable bonds is 3. The van der Waals surface area contributed by atoms with Crippen molar-refractivity contribution in [1.82, 2.24) is 0 Å². The van der Waals surface area contributed by atoms with Crippen molar-refractivity contribution in [3.63, 3.8) is 0 Å². The number of carbonyl (C=O) groups is 1. The molecule has 0 saturated heterocycles. The molecule has 0 aliphatic heterocycles. The van der Waals surface area contributed by atoms with E-state index in [1.54, 1.807) is 18.6 Å². The first-order valence-corrected chi connectivity index (χ1v) is 7.16. The van der Waals surface area contributed by atoms with Crippen LogP contribution in [0, 0.1) is 18.8 Å². The summed E-state index contributed by atoms with van der Waals surface area (Å²) in [5, 5.41) is 13.4. The van der Waals surface area contributed by atoms with Gasteiger partial charge in [-0.3, -0.25) is 4.79 Å². The van der Waals surface area contributed by atoms with Gasteiger partial charge in [0.1, 0.15) is 12.4 Å². The van der Waals surface area contributed by atoms with Gasteiger partial charge in [0.05, 0.1) is 17.7 Å². The van der Waals surface area contributed by atoms with Crippen LogP contribution in [0.4, 0.5) is 5.69 Å². The Morgan fingerprint density at radius 2 is 2.24 bits per heavy atom. The van der Waals surface area contributed by atoms with Crippen LogP contribution in [-0.4, -0.2) is 24.7 Å². The van der Waals surface area contributed by atoms with Crippen LogP contribution in [0.5, 0.6) is 5.75 Å². The zero-order chi connectivity index (χ0) is 15.2. The molecule has 1 aromatic carbocycles. The van der Waals surface area contributed by atoms with Gasteiger partial charge in [0, 0.05) is 17.0 Å². The molecule has 2 N–H and O–H groups in total. The van der Waals surface area contributed by atoms with E-state index >= 15 is 0 Å². The molecule has 0 atom stereocenters. The van der Waals surface area contributed by atoms with Crippen molar-refractivity contribution in [2.75, 3.05) is 19.0 Å². The summed E-state index contributed by atoms with van der Waals surface area (Å²) in [4.78, 5) is 12.8. The third-order valence-electron chi connectivity index (χ3n) is 2.76. The van der Waals surface area contributed by atoms with Gasteiger partial charge in [0.25, 0.3) is 5.91 Å². The summed E-state index contributed by atoms with van der Waals surface area (Å²) in [5.41, 5.74) is 2.32. The minimum Gasteiger partial charge on any atom is -0.496 e. The highest BCUT2D eigenvalue weighted by atomic mass is 32.1. The van der Waals surface area contributed by atoms with Crippen molar-refractivity contribution in [3.8, 4) is 17.6 Å². The lowest BCUT2D eigenvalue weighted by molar-refractivity contribution is 0.103. The number of carbonyl (C=O) groups excluding carboxylic acids is 1. The summed E-state index contributed by atoms with van der Waals surface area (Å²) in [6.45, 7) is 1.72. The van der Waals surface area contributed by atoms with Gasteiger partial charge in [-0.25, -0.2) is 0 Å². The first kappa shape index (κ1) is 15.1. The first-order chi connectivity index (χ1) is 10.1. The molecule has 1 heterocycles. The van der Waals surface area contributed by atoms with Crippen LogP contribution in [0.25, 0.3) is 0 Å². The third kappa shape index (κ3) is 3.85. The van der Waals surface area contributed by atoms with Gasteiger partial charge in [0.2, 0.25) is 0 Å². The normalized spacial score (nSPS) is 9.67. The highest BCUT2D eigenvalue weighted by Gasteiger charge is 2.11. The van der Waals surface area contributed by atoms with E-state index in [4.69, 9.17) is 9.84 Å². The smallest absolute Gasteiger partial charge is 0.265 e. The largest absolute Gasteiger partial charge is 0.496 e. The maximum Gasteiger partial charge on any atom is 0.265 e. The third-order valence-corrected chi connectivity index (χ3v) is 3.67. The molecule has 0 unspecified atom stereocenters. The van der Waals surface area contributed by atoms with Gasteiger partial charge in [-0.2, -0.15) is 0 Å². The zero-order valence-electron chi connectivity index (χ0n) is 11.8. The molecule has 21 heavy (non-hydrogen) atoms. The zero-order valence-corrected chi connectivity index (χ0v) is 12.6.